The van der Waals surface area contributed by atoms with Crippen LogP contribution in [0.2, 0.25) is 0 Å². The average Bonchev–Trinajstić information content (AvgIpc) is 2.81. The van der Waals surface area contributed by atoms with Gasteiger partial charge < -0.3 is 9.15 Å². The molecular formula is C15H11F3N2O3. The largest absolute Gasteiger partial charge is 0.439 e. The molecule has 0 saturated carbocycles. The van der Waals surface area contributed by atoms with Crippen LogP contribution >= 0.6 is 0 Å². The summed E-state index contributed by atoms with van der Waals surface area (Å²) in [5, 5.41) is 0. The highest BCUT2D eigenvalue weighted by molar-refractivity contribution is 5.74. The van der Waals surface area contributed by atoms with Crippen molar-refractivity contribution in [1.29, 1.82) is 0 Å². The van der Waals surface area contributed by atoms with Crippen molar-refractivity contribution in [3.63, 3.8) is 0 Å². The predicted octanol–water partition coefficient (Wildman–Crippen LogP) is 3.82. The molecule has 2 aromatic heterocycles. The van der Waals surface area contributed by atoms with Gasteiger partial charge in [0.2, 0.25) is 5.88 Å². The van der Waals surface area contributed by atoms with Crippen LogP contribution < -0.4 is 10.5 Å². The highest BCUT2D eigenvalue weighted by Crippen LogP contribution is 2.30. The Labute approximate surface area is 127 Å². The molecule has 0 amide bonds. The topological polar surface area (TPSA) is 57.3 Å². The highest BCUT2D eigenvalue weighted by atomic mass is 19.4. The lowest BCUT2D eigenvalue weighted by Gasteiger charge is -2.08. The first-order valence-electron chi connectivity index (χ1n) is 6.73. The van der Waals surface area contributed by atoms with Gasteiger partial charge in [-0.25, -0.2) is 9.78 Å². The van der Waals surface area contributed by atoms with Crippen LogP contribution in [0.1, 0.15) is 12.5 Å². The van der Waals surface area contributed by atoms with Gasteiger partial charge in [-0.15, -0.1) is 0 Å². The van der Waals surface area contributed by atoms with Gasteiger partial charge >= 0.3 is 11.9 Å². The van der Waals surface area contributed by atoms with Crippen molar-refractivity contribution in [3.05, 3.63) is 52.6 Å². The third-order valence-corrected chi connectivity index (χ3v) is 3.24. The monoisotopic (exact) mass is 324 g/mol. The van der Waals surface area contributed by atoms with E-state index in [1.807, 2.05) is 0 Å². The molecule has 0 aliphatic heterocycles. The predicted molar refractivity (Wildman–Crippen MR) is 75.5 cm³/mol. The van der Waals surface area contributed by atoms with Gasteiger partial charge in [0.05, 0.1) is 11.1 Å². The smallest absolute Gasteiger partial charge is 0.419 e. The molecule has 1 aromatic carbocycles. The van der Waals surface area contributed by atoms with Crippen LogP contribution in [0.4, 0.5) is 13.2 Å². The van der Waals surface area contributed by atoms with E-state index in [1.54, 1.807) is 25.1 Å². The summed E-state index contributed by atoms with van der Waals surface area (Å²) in [7, 11) is 0. The second-order valence-electron chi connectivity index (χ2n) is 4.73. The third-order valence-electron chi connectivity index (χ3n) is 3.24. The maximum absolute atomic E-state index is 12.5. The van der Waals surface area contributed by atoms with Crippen LogP contribution in [0.15, 0.2) is 45.7 Å². The minimum atomic E-state index is -4.45. The van der Waals surface area contributed by atoms with Crippen molar-refractivity contribution in [2.75, 3.05) is 0 Å². The first-order chi connectivity index (χ1) is 10.9. The minimum Gasteiger partial charge on any atom is -0.439 e. The number of nitrogens with zero attached hydrogens (tertiary/aromatic N) is 2. The number of ether oxygens (including phenoxy) is 1. The van der Waals surface area contributed by atoms with Crippen LogP contribution in [-0.4, -0.2) is 9.55 Å². The van der Waals surface area contributed by atoms with Gasteiger partial charge in [-0.2, -0.15) is 13.2 Å². The van der Waals surface area contributed by atoms with Gasteiger partial charge in [-0.05, 0) is 25.1 Å². The molecule has 0 N–H and O–H groups in total. The molecule has 3 aromatic rings. The summed E-state index contributed by atoms with van der Waals surface area (Å²) in [6, 6.07) is 6.70. The fraction of sp³-hybridized carbons (Fsp3) is 0.200. The van der Waals surface area contributed by atoms with Gasteiger partial charge in [0.15, 0.2) is 5.58 Å². The Morgan fingerprint density at radius 1 is 1.26 bits per heavy atom. The van der Waals surface area contributed by atoms with Gasteiger partial charge in [0.1, 0.15) is 5.75 Å². The number of aromatic nitrogens is 2. The molecule has 3 rings (SSSR count). The Bertz CT molecular complexity index is 895. The Hall–Kier alpha value is -2.77. The first-order valence-corrected chi connectivity index (χ1v) is 6.73. The van der Waals surface area contributed by atoms with Crippen molar-refractivity contribution >= 4 is 11.1 Å². The van der Waals surface area contributed by atoms with E-state index in [4.69, 9.17) is 9.15 Å². The summed E-state index contributed by atoms with van der Waals surface area (Å²) in [4.78, 5) is 15.2. The molecule has 0 saturated heterocycles. The Morgan fingerprint density at radius 3 is 2.65 bits per heavy atom. The molecule has 2 heterocycles. The Morgan fingerprint density at radius 2 is 2.04 bits per heavy atom. The summed E-state index contributed by atoms with van der Waals surface area (Å²) in [5.41, 5.74) is 0.0986. The molecule has 120 valence electrons. The van der Waals surface area contributed by atoms with E-state index in [-0.39, 0.29) is 5.88 Å². The number of pyridine rings is 1. The number of benzene rings is 1. The van der Waals surface area contributed by atoms with Crippen LogP contribution in [0.3, 0.4) is 0 Å². The van der Waals surface area contributed by atoms with E-state index in [1.165, 1.54) is 4.57 Å². The van der Waals surface area contributed by atoms with E-state index in [2.05, 4.69) is 4.98 Å². The van der Waals surface area contributed by atoms with E-state index >= 15 is 0 Å². The van der Waals surface area contributed by atoms with Crippen LogP contribution in [0, 0.1) is 0 Å². The Balaban J connectivity index is 1.91. The number of hydrogen-bond donors (Lipinski definition) is 0. The lowest BCUT2D eigenvalue weighted by Crippen LogP contribution is -2.11. The molecule has 0 aliphatic carbocycles. The average molecular weight is 324 g/mol. The third kappa shape index (κ3) is 2.92. The molecule has 0 unspecified atom stereocenters. The molecule has 0 fully saturated rings. The number of halogens is 3. The summed E-state index contributed by atoms with van der Waals surface area (Å²) >= 11 is 0. The van der Waals surface area contributed by atoms with Crippen molar-refractivity contribution in [3.8, 4) is 11.6 Å². The van der Waals surface area contributed by atoms with E-state index in [9.17, 15) is 18.0 Å². The number of fused-ring (bicyclic) bond motifs is 1. The lowest BCUT2D eigenvalue weighted by atomic mass is 10.3. The Kier molecular flexibility index (Phi) is 3.59. The van der Waals surface area contributed by atoms with Crippen molar-refractivity contribution in [2.24, 2.45) is 0 Å². The van der Waals surface area contributed by atoms with Gasteiger partial charge in [0.25, 0.3) is 0 Å². The fourth-order valence-corrected chi connectivity index (χ4v) is 2.13. The lowest BCUT2D eigenvalue weighted by molar-refractivity contribution is -0.137. The van der Waals surface area contributed by atoms with Crippen molar-refractivity contribution in [1.82, 2.24) is 9.55 Å². The zero-order valence-electron chi connectivity index (χ0n) is 11.9. The molecule has 0 aliphatic rings. The zero-order valence-corrected chi connectivity index (χ0v) is 11.9. The summed E-state index contributed by atoms with van der Waals surface area (Å²) in [6.07, 6.45) is -3.74. The minimum absolute atomic E-state index is 0.0197. The van der Waals surface area contributed by atoms with E-state index in [0.29, 0.717) is 29.6 Å². The highest BCUT2D eigenvalue weighted by Gasteiger charge is 2.30. The number of oxazole rings is 1. The van der Waals surface area contributed by atoms with Crippen LogP contribution in [0.25, 0.3) is 11.1 Å². The molecule has 0 spiro atoms. The standard InChI is InChI=1S/C15H11F3N2O3/c1-2-20-11-7-10(4-5-12(11)23-14(20)21)22-13-6-3-9(8-19-13)15(16,17)18/h3-8H,2H2,1H3. The number of hydrogen-bond acceptors (Lipinski definition) is 4. The zero-order chi connectivity index (χ0) is 16.6. The molecule has 5 nitrogen and oxygen atoms in total. The maximum atomic E-state index is 12.5. The maximum Gasteiger partial charge on any atom is 0.419 e. The molecule has 0 radical (unpaired) electrons. The van der Waals surface area contributed by atoms with E-state index in [0.717, 1.165) is 12.1 Å². The number of rotatable bonds is 3. The summed E-state index contributed by atoms with van der Waals surface area (Å²) < 4.78 is 49.4. The quantitative estimate of drug-likeness (QED) is 0.735. The summed E-state index contributed by atoms with van der Waals surface area (Å²) in [5.74, 6) is -0.119. The van der Waals surface area contributed by atoms with Crippen LogP contribution in [0.5, 0.6) is 11.6 Å². The number of aryl methyl sites for hydroxylation is 1. The normalized spacial score (nSPS) is 11.8. The number of alkyl halides is 3. The molecular weight excluding hydrogens is 313 g/mol. The second-order valence-corrected chi connectivity index (χ2v) is 4.73. The molecule has 0 bridgehead atoms. The second kappa shape index (κ2) is 5.45. The van der Waals surface area contributed by atoms with Crippen LogP contribution in [-0.2, 0) is 12.7 Å². The first kappa shape index (κ1) is 15.1. The van der Waals surface area contributed by atoms with Crippen molar-refractivity contribution < 1.29 is 22.3 Å². The van der Waals surface area contributed by atoms with Gasteiger partial charge in [0, 0.05) is 24.9 Å². The van der Waals surface area contributed by atoms with Gasteiger partial charge in [-0.1, -0.05) is 0 Å². The van der Waals surface area contributed by atoms with Crippen molar-refractivity contribution in [2.45, 2.75) is 19.6 Å². The molecule has 8 heteroatoms. The van der Waals surface area contributed by atoms with E-state index < -0.39 is 17.5 Å². The summed E-state index contributed by atoms with van der Waals surface area (Å²) in [6.45, 7) is 2.22. The SMILES string of the molecule is CCn1c(=O)oc2ccc(Oc3ccc(C(F)(F)F)cn3)cc21. The van der Waals surface area contributed by atoms with Gasteiger partial charge in [-0.3, -0.25) is 4.57 Å². The fourth-order valence-electron chi connectivity index (χ4n) is 2.13. The molecule has 23 heavy (non-hydrogen) atoms. The molecule has 0 atom stereocenters.